The second-order valence-electron chi connectivity index (χ2n) is 10.4. The highest BCUT2D eigenvalue weighted by Crippen LogP contribution is 2.35. The number of anilines is 1. The molecule has 1 spiro atoms. The van der Waals surface area contributed by atoms with Crippen LogP contribution in [0.4, 0.5) is 10.5 Å². The molecule has 40 heavy (non-hydrogen) atoms. The molecule has 0 aliphatic carbocycles. The maximum absolute atomic E-state index is 12.6. The average Bonchev–Trinajstić information content (AvgIpc) is 3.52. The average molecular weight is 547 g/mol. The Morgan fingerprint density at radius 1 is 1.15 bits per heavy atom. The highest BCUT2D eigenvalue weighted by Gasteiger charge is 2.54. The lowest BCUT2D eigenvalue weighted by Crippen LogP contribution is -2.64. The number of ether oxygens (including phenoxy) is 2. The van der Waals surface area contributed by atoms with Crippen LogP contribution in [0.5, 0.6) is 5.75 Å². The monoisotopic (exact) mass is 546 g/mol. The molecule has 12 heteroatoms. The van der Waals surface area contributed by atoms with Crippen molar-refractivity contribution in [3.05, 3.63) is 88.2 Å². The molecule has 208 valence electrons. The zero-order valence-electron chi connectivity index (χ0n) is 21.9. The summed E-state index contributed by atoms with van der Waals surface area (Å²) in [5.41, 5.74) is 1.92. The quantitative estimate of drug-likeness (QED) is 0.286. The van der Waals surface area contributed by atoms with E-state index in [-0.39, 0.29) is 30.5 Å². The number of benzene rings is 1. The zero-order valence-corrected chi connectivity index (χ0v) is 21.9. The van der Waals surface area contributed by atoms with Gasteiger partial charge in [0.25, 0.3) is 0 Å². The highest BCUT2D eigenvalue weighted by atomic mass is 16.6. The highest BCUT2D eigenvalue weighted by molar-refractivity contribution is 5.72. The number of amides is 1. The number of nitrogens with zero attached hydrogens (tertiary/aromatic N) is 5. The summed E-state index contributed by atoms with van der Waals surface area (Å²) in [7, 11) is 0. The Morgan fingerprint density at radius 3 is 2.70 bits per heavy atom. The van der Waals surface area contributed by atoms with Crippen molar-refractivity contribution in [3.8, 4) is 5.75 Å². The maximum Gasteiger partial charge on any atom is 0.410 e. The summed E-state index contributed by atoms with van der Waals surface area (Å²) in [5.74, 6) is 0.798. The van der Waals surface area contributed by atoms with Crippen molar-refractivity contribution in [1.29, 1.82) is 0 Å². The zero-order chi connectivity index (χ0) is 27.9. The van der Waals surface area contributed by atoms with Gasteiger partial charge in [-0.1, -0.05) is 37.3 Å². The number of pyridine rings is 2. The second kappa shape index (κ2) is 10.3. The molecule has 2 aliphatic rings. The van der Waals surface area contributed by atoms with Gasteiger partial charge in [-0.15, -0.1) is 5.10 Å². The van der Waals surface area contributed by atoms with Crippen LogP contribution in [-0.4, -0.2) is 79.2 Å². The molecule has 4 aromatic rings. The Labute approximate surface area is 229 Å². The third-order valence-electron chi connectivity index (χ3n) is 7.35. The maximum atomic E-state index is 12.6. The van der Waals surface area contributed by atoms with Crippen molar-refractivity contribution in [2.75, 3.05) is 37.7 Å². The van der Waals surface area contributed by atoms with Crippen LogP contribution in [0.3, 0.4) is 0 Å². The van der Waals surface area contributed by atoms with Crippen LogP contribution in [0, 0.1) is 0 Å². The summed E-state index contributed by atoms with van der Waals surface area (Å²) in [6.45, 7) is 3.38. The predicted octanol–water partition coefficient (Wildman–Crippen LogP) is 1.84. The van der Waals surface area contributed by atoms with E-state index >= 15 is 0 Å². The fourth-order valence-electron chi connectivity index (χ4n) is 5.23. The van der Waals surface area contributed by atoms with Gasteiger partial charge in [0.05, 0.1) is 45.6 Å². The van der Waals surface area contributed by atoms with Gasteiger partial charge in [-0.05, 0) is 17.7 Å². The van der Waals surface area contributed by atoms with Crippen molar-refractivity contribution >= 4 is 17.4 Å². The molecule has 2 saturated heterocycles. The summed E-state index contributed by atoms with van der Waals surface area (Å²) in [4.78, 5) is 34.6. The number of β-amino-alcohol motifs (C(OH)–C–C–N with tert-alkyl or cyclic N) is 1. The van der Waals surface area contributed by atoms with Crippen LogP contribution in [0.25, 0.3) is 5.65 Å². The van der Waals surface area contributed by atoms with Crippen molar-refractivity contribution in [2.45, 2.75) is 31.2 Å². The van der Waals surface area contributed by atoms with E-state index in [9.17, 15) is 19.8 Å². The molecule has 2 fully saturated rings. The molecule has 3 N–H and O–H groups in total. The van der Waals surface area contributed by atoms with Gasteiger partial charge >= 0.3 is 6.09 Å². The number of aromatic nitrogens is 4. The minimum absolute atomic E-state index is 0.0467. The summed E-state index contributed by atoms with van der Waals surface area (Å²) < 4.78 is 13.1. The molecule has 1 unspecified atom stereocenters. The van der Waals surface area contributed by atoms with E-state index in [4.69, 9.17) is 9.47 Å². The van der Waals surface area contributed by atoms with Crippen LogP contribution in [0.2, 0.25) is 0 Å². The number of hydrogen-bond donors (Lipinski definition) is 3. The van der Waals surface area contributed by atoms with Crippen molar-refractivity contribution in [2.24, 2.45) is 0 Å². The molecule has 0 saturated carbocycles. The predicted molar refractivity (Wildman–Crippen MR) is 144 cm³/mol. The summed E-state index contributed by atoms with van der Waals surface area (Å²) >= 11 is 0. The van der Waals surface area contributed by atoms with Gasteiger partial charge in [0.2, 0.25) is 5.56 Å². The number of nitrogens with one attached hydrogen (secondary N) is 1. The summed E-state index contributed by atoms with van der Waals surface area (Å²) in [5, 5.41) is 25.3. The van der Waals surface area contributed by atoms with Crippen LogP contribution in [0.15, 0.2) is 65.7 Å². The van der Waals surface area contributed by atoms with E-state index in [0.717, 1.165) is 11.3 Å². The third-order valence-corrected chi connectivity index (χ3v) is 7.35. The van der Waals surface area contributed by atoms with Gasteiger partial charge in [-0.25, -0.2) is 14.3 Å². The molecule has 6 rings (SSSR count). The number of rotatable bonds is 9. The van der Waals surface area contributed by atoms with Crippen molar-refractivity contribution in [3.63, 3.8) is 0 Å². The molecule has 12 nitrogen and oxygen atoms in total. The van der Waals surface area contributed by atoms with Crippen LogP contribution >= 0.6 is 0 Å². The van der Waals surface area contributed by atoms with Crippen LogP contribution in [-0.2, 0) is 11.3 Å². The number of H-pyrrole nitrogens is 1. The largest absolute Gasteiger partial charge is 0.491 e. The molecule has 2 aliphatic heterocycles. The Morgan fingerprint density at radius 2 is 1.95 bits per heavy atom. The van der Waals surface area contributed by atoms with Gasteiger partial charge in [0, 0.05) is 29.4 Å². The van der Waals surface area contributed by atoms with Gasteiger partial charge < -0.3 is 34.5 Å². The van der Waals surface area contributed by atoms with Gasteiger partial charge in [0.15, 0.2) is 17.1 Å². The lowest BCUT2D eigenvalue weighted by atomic mass is 9.93. The minimum Gasteiger partial charge on any atom is -0.491 e. The number of hydrogen-bond acceptors (Lipinski definition) is 9. The van der Waals surface area contributed by atoms with E-state index in [1.165, 1.54) is 15.5 Å². The van der Waals surface area contributed by atoms with E-state index < -0.39 is 17.8 Å². The molecule has 0 bridgehead atoms. The number of fused-ring (bicyclic) bond motifs is 1. The van der Waals surface area contributed by atoms with Gasteiger partial charge in [-0.2, -0.15) is 0 Å². The standard InChI is InChI=1S/C28H30N6O6/c1-18(19-5-3-2-4-6-19)14-39-22-9-20(13-35)26-30-25(31-34(26)11-22)23(36)12-32-15-28(40-27(32)38)16-33(17-28)21-7-8-29-24(37)10-21/h2-11,18,23,35-36H,12-17H2,1H3,(H,29,37)/t18-,23?/m0/s1. The Hall–Kier alpha value is -4.42. The summed E-state index contributed by atoms with van der Waals surface area (Å²) in [6.07, 6.45) is 1.55. The summed E-state index contributed by atoms with van der Waals surface area (Å²) in [6, 6.07) is 15.0. The topological polar surface area (TPSA) is 146 Å². The second-order valence-corrected chi connectivity index (χ2v) is 10.4. The Kier molecular flexibility index (Phi) is 6.64. The van der Waals surface area contributed by atoms with Crippen LogP contribution < -0.4 is 15.2 Å². The van der Waals surface area contributed by atoms with E-state index in [1.807, 2.05) is 35.2 Å². The molecule has 5 heterocycles. The number of aromatic amines is 1. The number of aliphatic hydroxyl groups excluding tert-OH is 2. The van der Waals surface area contributed by atoms with Crippen LogP contribution in [0.1, 0.15) is 35.9 Å². The molecular weight excluding hydrogens is 516 g/mol. The lowest BCUT2D eigenvalue weighted by molar-refractivity contribution is 0.0332. The molecule has 1 aromatic carbocycles. The third kappa shape index (κ3) is 4.98. The van der Waals surface area contributed by atoms with Gasteiger partial charge in [0.1, 0.15) is 11.9 Å². The first-order chi connectivity index (χ1) is 19.3. The van der Waals surface area contributed by atoms with Gasteiger partial charge in [-0.3, -0.25) is 4.79 Å². The van der Waals surface area contributed by atoms with E-state index in [1.54, 1.807) is 24.5 Å². The first-order valence-electron chi connectivity index (χ1n) is 13.1. The first-order valence-corrected chi connectivity index (χ1v) is 13.1. The SMILES string of the molecule is C[C@@H](COc1cc(CO)c2nc(C(O)CN3CC4(CN(c5cc[nH]c(=O)c5)C4)OC3=O)nn2c1)c1ccccc1. The minimum atomic E-state index is -1.17. The van der Waals surface area contributed by atoms with E-state index in [0.29, 0.717) is 43.2 Å². The van der Waals surface area contributed by atoms with Crippen molar-refractivity contribution in [1.82, 2.24) is 24.5 Å². The Bertz CT molecular complexity index is 1580. The Balaban J connectivity index is 1.11. The van der Waals surface area contributed by atoms with E-state index in [2.05, 4.69) is 22.0 Å². The lowest BCUT2D eigenvalue weighted by Gasteiger charge is -2.46. The fourth-order valence-corrected chi connectivity index (χ4v) is 5.23. The number of carbonyl (C=O) groups excluding carboxylic acids is 1. The number of carbonyl (C=O) groups is 1. The molecular formula is C28H30N6O6. The number of aliphatic hydroxyl groups is 2. The molecule has 2 atom stereocenters. The molecule has 1 amide bonds. The van der Waals surface area contributed by atoms with Crippen molar-refractivity contribution < 1.29 is 24.5 Å². The molecule has 3 aromatic heterocycles. The molecule has 0 radical (unpaired) electrons. The first kappa shape index (κ1) is 25.8. The fraction of sp³-hybridized carbons (Fsp3) is 0.357. The normalized spacial score (nSPS) is 17.6. The smallest absolute Gasteiger partial charge is 0.410 e.